The Balaban J connectivity index is 1.32. The minimum atomic E-state index is 0.529. The third-order valence-corrected chi connectivity index (χ3v) is 5.47. The van der Waals surface area contributed by atoms with Gasteiger partial charge in [0.25, 0.3) is 0 Å². The number of hydrogen-bond acceptors (Lipinski definition) is 4. The van der Waals surface area contributed by atoms with Gasteiger partial charge in [0, 0.05) is 19.6 Å². The number of fused-ring (bicyclic) bond motifs is 1. The van der Waals surface area contributed by atoms with Crippen LogP contribution in [0.2, 0.25) is 0 Å². The highest BCUT2D eigenvalue weighted by atomic mass is 16.5. The molecule has 1 saturated heterocycles. The van der Waals surface area contributed by atoms with Crippen molar-refractivity contribution >= 4 is 11.9 Å². The standard InChI is InChI=1S/C24H29N3O/c1-2-23(28-18-20-7-4-3-5-8-20)27-16-14-19(17-27)10-12-22-13-11-21-9-6-15-25-24(21)26-22/h2-5,7-8,10-13,19H,6,9,14-18H2,1H3,(H,25,26)/b12-10+,23-2+. The average Bonchev–Trinajstić information content (AvgIpc) is 3.22. The van der Waals surface area contributed by atoms with E-state index in [-0.39, 0.29) is 0 Å². The number of allylic oxidation sites excluding steroid dienone is 1. The fourth-order valence-electron chi connectivity index (χ4n) is 3.90. The first-order valence-electron chi connectivity index (χ1n) is 10.3. The first-order chi connectivity index (χ1) is 13.8. The molecule has 1 unspecified atom stereocenters. The Morgan fingerprint density at radius 2 is 2.14 bits per heavy atom. The molecule has 4 nitrogen and oxygen atoms in total. The molecule has 1 N–H and O–H groups in total. The summed E-state index contributed by atoms with van der Waals surface area (Å²) in [5.41, 5.74) is 3.58. The van der Waals surface area contributed by atoms with E-state index in [1.807, 2.05) is 13.0 Å². The second-order valence-corrected chi connectivity index (χ2v) is 7.53. The van der Waals surface area contributed by atoms with Crippen molar-refractivity contribution in [3.8, 4) is 0 Å². The lowest BCUT2D eigenvalue weighted by molar-refractivity contribution is 0.113. The maximum Gasteiger partial charge on any atom is 0.185 e. The van der Waals surface area contributed by atoms with Gasteiger partial charge < -0.3 is 15.0 Å². The van der Waals surface area contributed by atoms with E-state index in [0.29, 0.717) is 12.5 Å². The molecule has 1 aromatic heterocycles. The number of aryl methyl sites for hydroxylation is 1. The molecule has 28 heavy (non-hydrogen) atoms. The number of nitrogens with one attached hydrogen (secondary N) is 1. The summed E-state index contributed by atoms with van der Waals surface area (Å²) in [7, 11) is 0. The second-order valence-electron chi connectivity index (χ2n) is 7.53. The van der Waals surface area contributed by atoms with Crippen LogP contribution in [0.3, 0.4) is 0 Å². The van der Waals surface area contributed by atoms with Gasteiger partial charge in [-0.15, -0.1) is 0 Å². The van der Waals surface area contributed by atoms with Crippen LogP contribution >= 0.6 is 0 Å². The zero-order valence-corrected chi connectivity index (χ0v) is 16.6. The van der Waals surface area contributed by atoms with Gasteiger partial charge in [-0.25, -0.2) is 4.98 Å². The number of nitrogens with zero attached hydrogens (tertiary/aromatic N) is 2. The highest BCUT2D eigenvalue weighted by Gasteiger charge is 2.23. The van der Waals surface area contributed by atoms with Gasteiger partial charge in [-0.3, -0.25) is 0 Å². The van der Waals surface area contributed by atoms with Crippen LogP contribution in [0.25, 0.3) is 6.08 Å². The molecule has 1 fully saturated rings. The van der Waals surface area contributed by atoms with Gasteiger partial charge in [0.1, 0.15) is 12.4 Å². The molecule has 1 aromatic carbocycles. The Bertz CT molecular complexity index is 844. The van der Waals surface area contributed by atoms with Gasteiger partial charge in [0.05, 0.1) is 5.69 Å². The minimum absolute atomic E-state index is 0.529. The Morgan fingerprint density at radius 1 is 1.25 bits per heavy atom. The average molecular weight is 376 g/mol. The minimum Gasteiger partial charge on any atom is -0.474 e. The number of ether oxygens (including phenoxy) is 1. The monoisotopic (exact) mass is 375 g/mol. The van der Waals surface area contributed by atoms with Gasteiger partial charge in [-0.2, -0.15) is 0 Å². The SMILES string of the molecule is C/C=C(/OCc1ccccc1)N1CCC(/C=C/c2ccc3c(n2)NCCC3)C1. The van der Waals surface area contributed by atoms with Crippen molar-refractivity contribution in [1.29, 1.82) is 0 Å². The lowest BCUT2D eigenvalue weighted by Gasteiger charge is -2.22. The highest BCUT2D eigenvalue weighted by molar-refractivity contribution is 5.54. The molecule has 2 aliphatic heterocycles. The van der Waals surface area contributed by atoms with Crippen molar-refractivity contribution in [1.82, 2.24) is 9.88 Å². The molecular weight excluding hydrogens is 346 g/mol. The van der Waals surface area contributed by atoms with E-state index in [1.54, 1.807) is 0 Å². The van der Waals surface area contributed by atoms with Crippen molar-refractivity contribution in [2.45, 2.75) is 32.8 Å². The summed E-state index contributed by atoms with van der Waals surface area (Å²) < 4.78 is 6.08. The van der Waals surface area contributed by atoms with Crippen LogP contribution in [-0.4, -0.2) is 29.5 Å². The number of likely N-dealkylation sites (tertiary alicyclic amines) is 1. The second kappa shape index (κ2) is 8.96. The van der Waals surface area contributed by atoms with E-state index < -0.39 is 0 Å². The van der Waals surface area contributed by atoms with E-state index in [2.05, 4.69) is 64.8 Å². The van der Waals surface area contributed by atoms with E-state index >= 15 is 0 Å². The summed E-state index contributed by atoms with van der Waals surface area (Å²) >= 11 is 0. The largest absolute Gasteiger partial charge is 0.474 e. The smallest absolute Gasteiger partial charge is 0.185 e. The third-order valence-electron chi connectivity index (χ3n) is 5.47. The molecule has 146 valence electrons. The number of rotatable bonds is 6. The molecule has 0 bridgehead atoms. The molecule has 0 spiro atoms. The van der Waals surface area contributed by atoms with Crippen molar-refractivity contribution in [3.05, 3.63) is 77.3 Å². The number of hydrogen-bond donors (Lipinski definition) is 1. The van der Waals surface area contributed by atoms with Crippen LogP contribution in [-0.2, 0) is 17.8 Å². The molecule has 0 radical (unpaired) electrons. The Morgan fingerprint density at radius 3 is 3.00 bits per heavy atom. The maximum atomic E-state index is 6.08. The van der Waals surface area contributed by atoms with Gasteiger partial charge in [-0.1, -0.05) is 42.5 Å². The van der Waals surface area contributed by atoms with Crippen LogP contribution in [0, 0.1) is 5.92 Å². The van der Waals surface area contributed by atoms with E-state index in [1.165, 1.54) is 17.5 Å². The first kappa shape index (κ1) is 18.6. The molecule has 2 aliphatic rings. The predicted molar refractivity (Wildman–Crippen MR) is 115 cm³/mol. The summed E-state index contributed by atoms with van der Waals surface area (Å²) in [4.78, 5) is 7.11. The van der Waals surface area contributed by atoms with Gasteiger partial charge in [-0.05, 0) is 61.4 Å². The lowest BCUT2D eigenvalue weighted by Crippen LogP contribution is -2.21. The number of benzene rings is 1. The summed E-state index contributed by atoms with van der Waals surface area (Å²) in [6, 6.07) is 14.7. The zero-order valence-electron chi connectivity index (χ0n) is 16.6. The Hall–Kier alpha value is -2.75. The summed E-state index contributed by atoms with van der Waals surface area (Å²) in [6.07, 6.45) is 10.0. The van der Waals surface area contributed by atoms with Crippen LogP contribution in [0.1, 0.15) is 36.6 Å². The number of aromatic nitrogens is 1. The van der Waals surface area contributed by atoms with Crippen LogP contribution in [0.15, 0.2) is 60.5 Å². The fraction of sp³-hybridized carbons (Fsp3) is 0.375. The Labute approximate surface area is 167 Å². The third kappa shape index (κ3) is 4.56. The van der Waals surface area contributed by atoms with E-state index in [0.717, 1.165) is 49.9 Å². The topological polar surface area (TPSA) is 37.4 Å². The zero-order chi connectivity index (χ0) is 19.2. The predicted octanol–water partition coefficient (Wildman–Crippen LogP) is 4.85. The van der Waals surface area contributed by atoms with Gasteiger partial charge in [0.15, 0.2) is 5.88 Å². The first-order valence-corrected chi connectivity index (χ1v) is 10.3. The van der Waals surface area contributed by atoms with Crippen molar-refractivity contribution in [3.63, 3.8) is 0 Å². The summed E-state index contributed by atoms with van der Waals surface area (Å²) in [6.45, 7) is 5.72. The molecule has 0 saturated carbocycles. The Kier molecular flexibility index (Phi) is 5.95. The van der Waals surface area contributed by atoms with E-state index in [9.17, 15) is 0 Å². The van der Waals surface area contributed by atoms with Crippen molar-refractivity contribution in [2.75, 3.05) is 25.0 Å². The van der Waals surface area contributed by atoms with Crippen molar-refractivity contribution in [2.24, 2.45) is 5.92 Å². The van der Waals surface area contributed by atoms with Crippen molar-refractivity contribution < 1.29 is 4.74 Å². The molecule has 0 amide bonds. The lowest BCUT2D eigenvalue weighted by atomic mass is 10.1. The summed E-state index contributed by atoms with van der Waals surface area (Å²) in [5, 5.41) is 3.41. The van der Waals surface area contributed by atoms with Crippen LogP contribution in [0.4, 0.5) is 5.82 Å². The molecule has 4 heteroatoms. The number of pyridine rings is 1. The molecule has 0 aliphatic carbocycles. The maximum absolute atomic E-state index is 6.08. The molecular formula is C24H29N3O. The molecule has 4 rings (SSSR count). The molecule has 2 aromatic rings. The summed E-state index contributed by atoms with van der Waals surface area (Å²) in [5.74, 6) is 2.57. The van der Waals surface area contributed by atoms with Gasteiger partial charge >= 0.3 is 0 Å². The highest BCUT2D eigenvalue weighted by Crippen LogP contribution is 2.25. The molecule has 3 heterocycles. The van der Waals surface area contributed by atoms with E-state index in [4.69, 9.17) is 9.72 Å². The van der Waals surface area contributed by atoms with Crippen LogP contribution < -0.4 is 5.32 Å². The van der Waals surface area contributed by atoms with Gasteiger partial charge in [0.2, 0.25) is 0 Å². The fourth-order valence-corrected chi connectivity index (χ4v) is 3.90. The molecule has 1 atom stereocenters. The quantitative estimate of drug-likeness (QED) is 0.732. The normalized spacial score (nSPS) is 19.5. The van der Waals surface area contributed by atoms with Crippen LogP contribution in [0.5, 0.6) is 0 Å². The number of anilines is 1.